The van der Waals surface area contributed by atoms with Crippen molar-refractivity contribution in [2.24, 2.45) is 5.92 Å². The minimum atomic E-state index is -2.15. The Morgan fingerprint density at radius 2 is 1.60 bits per heavy atom. The Hall–Kier alpha value is -0.683. The average molecular weight is 302 g/mol. The molecule has 0 fully saturated rings. The number of esters is 1. The highest BCUT2D eigenvalue weighted by Crippen LogP contribution is 2.41. The van der Waals surface area contributed by atoms with Gasteiger partial charge >= 0.3 is 5.97 Å². The Balaban J connectivity index is 5.47. The second-order valence-corrected chi connectivity index (χ2v) is 12.0. The highest BCUT2D eigenvalue weighted by Gasteiger charge is 2.49. The smallest absolute Gasteiger partial charge is 0.336 e. The van der Waals surface area contributed by atoms with E-state index in [0.717, 1.165) is 0 Å². The molecule has 0 amide bonds. The van der Waals surface area contributed by atoms with E-state index in [1.54, 1.807) is 6.92 Å². The van der Waals surface area contributed by atoms with Gasteiger partial charge in [0, 0.05) is 12.3 Å². The van der Waals surface area contributed by atoms with E-state index in [9.17, 15) is 9.59 Å². The summed E-state index contributed by atoms with van der Waals surface area (Å²) >= 11 is 0. The van der Waals surface area contributed by atoms with E-state index < -0.39 is 19.9 Å². The van der Waals surface area contributed by atoms with Gasteiger partial charge in [0.15, 0.2) is 13.9 Å². The summed E-state index contributed by atoms with van der Waals surface area (Å²) in [5.41, 5.74) is -1.08. The lowest BCUT2D eigenvalue weighted by Gasteiger charge is -2.44. The predicted octanol–water partition coefficient (Wildman–Crippen LogP) is 3.56. The van der Waals surface area contributed by atoms with Crippen molar-refractivity contribution < 1.29 is 18.8 Å². The van der Waals surface area contributed by atoms with Gasteiger partial charge in [-0.3, -0.25) is 0 Å². The summed E-state index contributed by atoms with van der Waals surface area (Å²) in [5.74, 6) is -0.580. The van der Waals surface area contributed by atoms with Gasteiger partial charge in [-0.25, -0.2) is 4.79 Å². The van der Waals surface area contributed by atoms with E-state index in [1.165, 1.54) is 14.0 Å². The van der Waals surface area contributed by atoms with Gasteiger partial charge in [0.1, 0.15) is 5.78 Å². The molecule has 0 spiro atoms. The van der Waals surface area contributed by atoms with Crippen LogP contribution >= 0.6 is 0 Å². The second-order valence-electron chi connectivity index (χ2n) is 7.27. The van der Waals surface area contributed by atoms with Crippen molar-refractivity contribution in [3.63, 3.8) is 0 Å². The van der Waals surface area contributed by atoms with Crippen LogP contribution in [0.25, 0.3) is 0 Å². The highest BCUT2D eigenvalue weighted by molar-refractivity contribution is 6.74. The zero-order valence-electron chi connectivity index (χ0n) is 14.4. The summed E-state index contributed by atoms with van der Waals surface area (Å²) < 4.78 is 11.2. The molecule has 0 N–H and O–H groups in total. The number of Topliss-reactive ketones (excluding diaryl/α,β-unsaturated/α-hetero) is 1. The molecule has 2 atom stereocenters. The lowest BCUT2D eigenvalue weighted by atomic mass is 9.87. The molecule has 20 heavy (non-hydrogen) atoms. The van der Waals surface area contributed by atoms with Crippen LogP contribution in [0.3, 0.4) is 0 Å². The first-order valence-corrected chi connectivity index (χ1v) is 9.96. The van der Waals surface area contributed by atoms with E-state index in [-0.39, 0.29) is 16.7 Å². The summed E-state index contributed by atoms with van der Waals surface area (Å²) in [5, 5.41) is -0.0156. The summed E-state index contributed by atoms with van der Waals surface area (Å²) in [6, 6.07) is 0. The molecule has 0 unspecified atom stereocenters. The predicted molar refractivity (Wildman–Crippen MR) is 83.2 cm³/mol. The third-order valence-electron chi connectivity index (χ3n) is 4.40. The van der Waals surface area contributed by atoms with E-state index in [0.29, 0.717) is 6.42 Å². The van der Waals surface area contributed by atoms with Crippen molar-refractivity contribution in [1.82, 2.24) is 0 Å². The van der Waals surface area contributed by atoms with Crippen LogP contribution in [0.1, 0.15) is 48.0 Å². The monoisotopic (exact) mass is 302 g/mol. The maximum Gasteiger partial charge on any atom is 0.336 e. The standard InChI is InChI=1S/C15H30O4Si/c1-11(10-12(2)16)15(6,13(17)18-7)19-20(8,9)14(3,4)5/h11H,10H2,1-9H3/t11-,15-/m1/s1. The molecule has 0 aromatic carbocycles. The number of hydrogen-bond acceptors (Lipinski definition) is 4. The van der Waals surface area contributed by atoms with Gasteiger partial charge in [-0.1, -0.05) is 27.7 Å². The first-order chi connectivity index (χ1) is 8.78. The average Bonchev–Trinajstić information content (AvgIpc) is 2.24. The zero-order valence-corrected chi connectivity index (χ0v) is 15.4. The number of carbonyl (C=O) groups excluding carboxylic acids is 2. The van der Waals surface area contributed by atoms with Crippen LogP contribution in [0.15, 0.2) is 0 Å². The van der Waals surface area contributed by atoms with Crippen molar-refractivity contribution in [1.29, 1.82) is 0 Å². The van der Waals surface area contributed by atoms with Crippen LogP contribution in [0.5, 0.6) is 0 Å². The lowest BCUT2D eigenvalue weighted by molar-refractivity contribution is -0.164. The Bertz CT molecular complexity index is 371. The van der Waals surface area contributed by atoms with Crippen molar-refractivity contribution in [3.8, 4) is 0 Å². The van der Waals surface area contributed by atoms with Crippen LogP contribution in [0.2, 0.25) is 18.1 Å². The van der Waals surface area contributed by atoms with Gasteiger partial charge in [-0.2, -0.15) is 0 Å². The molecule has 0 aromatic rings. The molecule has 118 valence electrons. The zero-order chi connectivity index (χ0) is 16.4. The quantitative estimate of drug-likeness (QED) is 0.556. The largest absolute Gasteiger partial charge is 0.467 e. The van der Waals surface area contributed by atoms with Crippen molar-refractivity contribution in [2.75, 3.05) is 7.11 Å². The summed E-state index contributed by atoms with van der Waals surface area (Å²) in [6.07, 6.45) is 0.306. The summed E-state index contributed by atoms with van der Waals surface area (Å²) in [6.45, 7) is 15.7. The highest BCUT2D eigenvalue weighted by atomic mass is 28.4. The fourth-order valence-electron chi connectivity index (χ4n) is 1.86. The maximum atomic E-state index is 12.2. The molecule has 0 heterocycles. The van der Waals surface area contributed by atoms with E-state index in [1.807, 2.05) is 6.92 Å². The van der Waals surface area contributed by atoms with Gasteiger partial charge in [0.25, 0.3) is 0 Å². The molecule has 0 rings (SSSR count). The van der Waals surface area contributed by atoms with Gasteiger partial charge in [-0.05, 0) is 32.0 Å². The van der Waals surface area contributed by atoms with Crippen LogP contribution in [0.4, 0.5) is 0 Å². The molecule has 0 aromatic heterocycles. The maximum absolute atomic E-state index is 12.2. The third kappa shape index (κ3) is 4.41. The van der Waals surface area contributed by atoms with Crippen LogP contribution in [-0.4, -0.2) is 32.8 Å². The Morgan fingerprint density at radius 3 is 1.90 bits per heavy atom. The number of methoxy groups -OCH3 is 1. The SMILES string of the molecule is COC(=O)[C@](C)(O[Si](C)(C)C(C)(C)C)[C@H](C)CC(C)=O. The molecule has 0 aliphatic carbocycles. The molecule has 5 heteroatoms. The molecule has 0 bridgehead atoms. The first kappa shape index (κ1) is 19.3. The molecule has 0 saturated heterocycles. The minimum Gasteiger partial charge on any atom is -0.467 e. The molecular weight excluding hydrogens is 272 g/mol. The molecule has 4 nitrogen and oxygen atoms in total. The van der Waals surface area contributed by atoms with E-state index in [4.69, 9.17) is 9.16 Å². The minimum absolute atomic E-state index is 0.0156. The molecular formula is C15H30O4Si. The van der Waals surface area contributed by atoms with Crippen LogP contribution in [0, 0.1) is 5.92 Å². The van der Waals surface area contributed by atoms with E-state index >= 15 is 0 Å². The van der Waals surface area contributed by atoms with Gasteiger partial charge in [-0.15, -0.1) is 0 Å². The van der Waals surface area contributed by atoms with Crippen molar-refractivity contribution >= 4 is 20.1 Å². The number of carbonyl (C=O) groups is 2. The fourth-order valence-corrected chi connectivity index (χ4v) is 3.51. The topological polar surface area (TPSA) is 52.6 Å². The van der Waals surface area contributed by atoms with Gasteiger partial charge < -0.3 is 14.0 Å². The van der Waals surface area contributed by atoms with Crippen molar-refractivity contribution in [2.45, 2.75) is 71.7 Å². The first-order valence-electron chi connectivity index (χ1n) is 7.06. The summed E-state index contributed by atoms with van der Waals surface area (Å²) in [4.78, 5) is 23.6. The Morgan fingerprint density at radius 1 is 1.15 bits per heavy atom. The number of hydrogen-bond donors (Lipinski definition) is 0. The Kier molecular flexibility index (Phi) is 6.17. The number of ketones is 1. The lowest BCUT2D eigenvalue weighted by Crippen LogP contribution is -2.55. The molecule has 0 radical (unpaired) electrons. The van der Waals surface area contributed by atoms with Gasteiger partial charge in [0.2, 0.25) is 0 Å². The summed E-state index contributed by atoms with van der Waals surface area (Å²) in [7, 11) is -0.788. The molecule has 0 aliphatic rings. The normalized spacial score (nSPS) is 17.2. The number of rotatable bonds is 6. The second kappa shape index (κ2) is 6.39. The van der Waals surface area contributed by atoms with Crippen molar-refractivity contribution in [3.05, 3.63) is 0 Å². The van der Waals surface area contributed by atoms with Crippen LogP contribution in [-0.2, 0) is 18.8 Å². The van der Waals surface area contributed by atoms with E-state index in [2.05, 4.69) is 33.9 Å². The fraction of sp³-hybridized carbons (Fsp3) is 0.867. The molecule has 0 aliphatic heterocycles. The Labute approximate surface area is 124 Å². The number of ether oxygens (including phenoxy) is 1. The molecule has 0 saturated carbocycles. The van der Waals surface area contributed by atoms with Crippen LogP contribution < -0.4 is 0 Å². The third-order valence-corrected chi connectivity index (χ3v) is 8.94. The van der Waals surface area contributed by atoms with Gasteiger partial charge in [0.05, 0.1) is 7.11 Å².